The van der Waals surface area contributed by atoms with Gasteiger partial charge < -0.3 is 14.8 Å². The second kappa shape index (κ2) is 7.74. The zero-order valence-corrected chi connectivity index (χ0v) is 16.2. The molecule has 1 aromatic heterocycles. The Kier molecular flexibility index (Phi) is 5.00. The highest BCUT2D eigenvalue weighted by Crippen LogP contribution is 2.35. The summed E-state index contributed by atoms with van der Waals surface area (Å²) in [6.07, 6.45) is 0. The molecule has 0 radical (unpaired) electrons. The molecule has 0 aliphatic carbocycles. The van der Waals surface area contributed by atoms with Crippen molar-refractivity contribution in [2.45, 2.75) is 0 Å². The largest absolute Gasteiger partial charge is 0.497 e. The second-order valence-electron chi connectivity index (χ2n) is 6.12. The summed E-state index contributed by atoms with van der Waals surface area (Å²) in [6.45, 7) is 0. The SMILES string of the molecule is COc1cc(Nc2nc3ccccc3nc2-c2ccccc2Cl)cc(OC)c1. The number of fused-ring (bicyclic) bond motifs is 1. The maximum Gasteiger partial charge on any atom is 0.157 e. The van der Waals surface area contributed by atoms with E-state index in [9.17, 15) is 0 Å². The van der Waals surface area contributed by atoms with Crippen molar-refractivity contribution in [3.05, 3.63) is 71.8 Å². The number of hydrogen-bond donors (Lipinski definition) is 1. The van der Waals surface area contributed by atoms with Crippen molar-refractivity contribution < 1.29 is 9.47 Å². The van der Waals surface area contributed by atoms with Gasteiger partial charge in [0.1, 0.15) is 17.2 Å². The Morgan fingerprint density at radius 2 is 1.39 bits per heavy atom. The highest BCUT2D eigenvalue weighted by atomic mass is 35.5. The number of nitrogens with one attached hydrogen (secondary N) is 1. The van der Waals surface area contributed by atoms with E-state index in [2.05, 4.69) is 5.32 Å². The zero-order chi connectivity index (χ0) is 19.5. The van der Waals surface area contributed by atoms with E-state index in [1.54, 1.807) is 14.2 Å². The fourth-order valence-corrected chi connectivity index (χ4v) is 3.17. The Balaban J connectivity index is 1.88. The molecule has 0 unspecified atom stereocenters. The predicted molar refractivity (Wildman–Crippen MR) is 113 cm³/mol. The average Bonchev–Trinajstić information content (AvgIpc) is 2.73. The van der Waals surface area contributed by atoms with Crippen LogP contribution in [0.25, 0.3) is 22.3 Å². The van der Waals surface area contributed by atoms with Gasteiger partial charge in [0, 0.05) is 29.4 Å². The molecule has 0 bridgehead atoms. The molecule has 0 saturated carbocycles. The Hall–Kier alpha value is -3.31. The van der Waals surface area contributed by atoms with Crippen molar-refractivity contribution in [2.24, 2.45) is 0 Å². The lowest BCUT2D eigenvalue weighted by Crippen LogP contribution is -2.01. The predicted octanol–water partition coefficient (Wildman–Crippen LogP) is 5.71. The fourth-order valence-electron chi connectivity index (χ4n) is 2.94. The minimum atomic E-state index is 0.599. The Morgan fingerprint density at radius 1 is 0.786 bits per heavy atom. The summed E-state index contributed by atoms with van der Waals surface area (Å²) in [5.41, 5.74) is 3.84. The van der Waals surface area contributed by atoms with E-state index in [0.717, 1.165) is 22.3 Å². The van der Waals surface area contributed by atoms with Gasteiger partial charge in [-0.15, -0.1) is 0 Å². The molecule has 0 amide bonds. The Morgan fingerprint density at radius 3 is 2.04 bits per heavy atom. The van der Waals surface area contributed by atoms with Crippen LogP contribution in [0.3, 0.4) is 0 Å². The summed E-state index contributed by atoms with van der Waals surface area (Å²) in [5.74, 6) is 1.95. The van der Waals surface area contributed by atoms with Gasteiger partial charge in [-0.05, 0) is 18.2 Å². The first kappa shape index (κ1) is 18.1. The molecule has 0 atom stereocenters. The summed E-state index contributed by atoms with van der Waals surface area (Å²) >= 11 is 6.44. The van der Waals surface area contributed by atoms with Gasteiger partial charge in [-0.2, -0.15) is 0 Å². The number of benzene rings is 3. The number of rotatable bonds is 5. The number of para-hydroxylation sites is 2. The molecule has 0 aliphatic rings. The number of anilines is 2. The van der Waals surface area contributed by atoms with Crippen molar-refractivity contribution in [1.29, 1.82) is 0 Å². The van der Waals surface area contributed by atoms with Crippen molar-refractivity contribution in [3.63, 3.8) is 0 Å². The maximum absolute atomic E-state index is 6.44. The lowest BCUT2D eigenvalue weighted by molar-refractivity contribution is 0.395. The van der Waals surface area contributed by atoms with Crippen LogP contribution in [0, 0.1) is 0 Å². The van der Waals surface area contributed by atoms with Crippen molar-refractivity contribution in [2.75, 3.05) is 19.5 Å². The number of nitrogens with zero attached hydrogens (tertiary/aromatic N) is 2. The first-order valence-corrected chi connectivity index (χ1v) is 9.07. The summed E-state index contributed by atoms with van der Waals surface area (Å²) in [6, 6.07) is 20.9. The molecule has 1 N–H and O–H groups in total. The lowest BCUT2D eigenvalue weighted by Gasteiger charge is -2.14. The van der Waals surface area contributed by atoms with E-state index in [1.165, 1.54) is 0 Å². The third kappa shape index (κ3) is 3.57. The van der Waals surface area contributed by atoms with Crippen molar-refractivity contribution in [3.8, 4) is 22.8 Å². The summed E-state index contributed by atoms with van der Waals surface area (Å²) in [5, 5.41) is 3.96. The second-order valence-corrected chi connectivity index (χ2v) is 6.52. The zero-order valence-electron chi connectivity index (χ0n) is 15.4. The number of methoxy groups -OCH3 is 2. The quantitative estimate of drug-likeness (QED) is 0.472. The maximum atomic E-state index is 6.44. The molecule has 5 nitrogen and oxygen atoms in total. The van der Waals surface area contributed by atoms with Crippen LogP contribution in [-0.4, -0.2) is 24.2 Å². The van der Waals surface area contributed by atoms with Gasteiger partial charge in [-0.25, -0.2) is 9.97 Å². The molecule has 3 aromatic carbocycles. The first-order chi connectivity index (χ1) is 13.7. The van der Waals surface area contributed by atoms with Gasteiger partial charge in [-0.3, -0.25) is 0 Å². The summed E-state index contributed by atoms with van der Waals surface area (Å²) in [7, 11) is 3.23. The normalized spacial score (nSPS) is 10.7. The summed E-state index contributed by atoms with van der Waals surface area (Å²) in [4.78, 5) is 9.60. The van der Waals surface area contributed by atoms with Gasteiger partial charge >= 0.3 is 0 Å². The highest BCUT2D eigenvalue weighted by Gasteiger charge is 2.15. The molecular formula is C22H18ClN3O2. The van der Waals surface area contributed by atoms with Crippen LogP contribution in [-0.2, 0) is 0 Å². The van der Waals surface area contributed by atoms with Crippen molar-refractivity contribution in [1.82, 2.24) is 9.97 Å². The summed E-state index contributed by atoms with van der Waals surface area (Å²) < 4.78 is 10.7. The van der Waals surface area contributed by atoms with Gasteiger partial charge in [0.25, 0.3) is 0 Å². The molecule has 140 valence electrons. The smallest absolute Gasteiger partial charge is 0.157 e. The number of hydrogen-bond acceptors (Lipinski definition) is 5. The molecular weight excluding hydrogens is 374 g/mol. The topological polar surface area (TPSA) is 56.3 Å². The van der Waals surface area contributed by atoms with Gasteiger partial charge in [-0.1, -0.05) is 41.9 Å². The van der Waals surface area contributed by atoms with Gasteiger partial charge in [0.05, 0.1) is 30.3 Å². The number of halogens is 1. The molecule has 4 rings (SSSR count). The van der Waals surface area contributed by atoms with Gasteiger partial charge in [0.15, 0.2) is 5.82 Å². The lowest BCUT2D eigenvalue weighted by atomic mass is 10.1. The van der Waals surface area contributed by atoms with Crippen LogP contribution in [0.1, 0.15) is 0 Å². The first-order valence-electron chi connectivity index (χ1n) is 8.69. The molecule has 28 heavy (non-hydrogen) atoms. The van der Waals surface area contributed by atoms with Crippen molar-refractivity contribution >= 4 is 34.1 Å². The number of ether oxygens (including phenoxy) is 2. The average molecular weight is 392 g/mol. The molecule has 6 heteroatoms. The van der Waals surface area contributed by atoms with E-state index in [-0.39, 0.29) is 0 Å². The third-order valence-electron chi connectivity index (χ3n) is 4.31. The van der Waals surface area contributed by atoms with Crippen LogP contribution in [0.2, 0.25) is 5.02 Å². The van der Waals surface area contributed by atoms with E-state index in [1.807, 2.05) is 66.7 Å². The van der Waals surface area contributed by atoms with E-state index >= 15 is 0 Å². The molecule has 0 aliphatic heterocycles. The number of aromatic nitrogens is 2. The van der Waals surface area contributed by atoms with Gasteiger partial charge in [0.2, 0.25) is 0 Å². The molecule has 0 fully saturated rings. The van der Waals surface area contributed by atoms with E-state index in [4.69, 9.17) is 31.0 Å². The van der Waals surface area contributed by atoms with Crippen LogP contribution in [0.5, 0.6) is 11.5 Å². The highest BCUT2D eigenvalue weighted by molar-refractivity contribution is 6.33. The van der Waals surface area contributed by atoms with Crippen LogP contribution in [0.4, 0.5) is 11.5 Å². The minimum absolute atomic E-state index is 0.599. The molecule has 0 saturated heterocycles. The minimum Gasteiger partial charge on any atom is -0.497 e. The molecule has 0 spiro atoms. The molecule has 4 aromatic rings. The monoisotopic (exact) mass is 391 g/mol. The molecule has 1 heterocycles. The van der Waals surface area contributed by atoms with Crippen LogP contribution >= 0.6 is 11.6 Å². The van der Waals surface area contributed by atoms with E-state index in [0.29, 0.717) is 28.0 Å². The van der Waals surface area contributed by atoms with E-state index < -0.39 is 0 Å². The van der Waals surface area contributed by atoms with Crippen LogP contribution in [0.15, 0.2) is 66.7 Å². The standard InChI is InChI=1S/C22H18ClN3O2/c1-27-15-11-14(12-16(13-15)28-2)24-22-21(17-7-3-4-8-18(17)23)25-19-9-5-6-10-20(19)26-22/h3-13H,1-2H3,(H,24,26). The third-order valence-corrected chi connectivity index (χ3v) is 4.64. The fraction of sp³-hybridized carbons (Fsp3) is 0.0909. The Labute approximate surface area is 167 Å². The Bertz CT molecular complexity index is 1130. The van der Waals surface area contributed by atoms with Crippen LogP contribution < -0.4 is 14.8 Å².